The van der Waals surface area contributed by atoms with E-state index < -0.39 is 0 Å². The smallest absolute Gasteiger partial charge is 0.0218 e. The minimum Gasteiger partial charge on any atom is -0.301 e. The van der Waals surface area contributed by atoms with Gasteiger partial charge >= 0.3 is 0 Å². The molecule has 4 aliphatic carbocycles. The monoisotopic (exact) mass is 320 g/mol. The van der Waals surface area contributed by atoms with E-state index in [9.17, 15) is 0 Å². The summed E-state index contributed by atoms with van der Waals surface area (Å²) in [5.74, 6) is 3.29. The lowest BCUT2D eigenvalue weighted by atomic mass is 9.52. The van der Waals surface area contributed by atoms with Crippen LogP contribution in [0.3, 0.4) is 0 Å². The summed E-state index contributed by atoms with van der Waals surface area (Å²) in [7, 11) is 0. The van der Waals surface area contributed by atoms with Crippen LogP contribution in [0.15, 0.2) is 0 Å². The van der Waals surface area contributed by atoms with E-state index in [1.54, 1.807) is 38.5 Å². The number of piperazine rings is 1. The number of halogens is 2. The number of hydrogen-bond donors (Lipinski definition) is 0. The van der Waals surface area contributed by atoms with Crippen LogP contribution < -0.4 is 0 Å². The molecule has 1 saturated heterocycles. The normalized spacial score (nSPS) is 44.0. The van der Waals surface area contributed by atoms with Crippen molar-refractivity contribution in [1.82, 2.24) is 9.80 Å². The third-order valence-corrected chi connectivity index (χ3v) is 6.50. The van der Waals surface area contributed by atoms with Crippen LogP contribution in [0.25, 0.3) is 0 Å². The molecule has 4 saturated carbocycles. The Hall–Kier alpha value is 0.500. The van der Waals surface area contributed by atoms with Crippen molar-refractivity contribution in [3.63, 3.8) is 0 Å². The minimum absolute atomic E-state index is 0. The maximum Gasteiger partial charge on any atom is 0.0218 e. The molecule has 0 N–H and O–H groups in total. The van der Waals surface area contributed by atoms with Crippen LogP contribution in [-0.2, 0) is 0 Å². The number of nitrogens with zero attached hydrogens (tertiary/aromatic N) is 2. The fraction of sp³-hybridized carbons (Fsp3) is 1.00. The van der Waals surface area contributed by atoms with E-state index in [1.807, 2.05) is 0 Å². The Morgan fingerprint density at radius 3 is 1.65 bits per heavy atom. The van der Waals surface area contributed by atoms with Crippen molar-refractivity contribution in [1.29, 1.82) is 0 Å². The molecule has 1 heterocycles. The van der Waals surface area contributed by atoms with Gasteiger partial charge in [0.1, 0.15) is 0 Å². The van der Waals surface area contributed by atoms with E-state index in [0.717, 1.165) is 17.8 Å². The van der Waals surface area contributed by atoms with Crippen LogP contribution in [-0.4, -0.2) is 48.1 Å². The zero-order valence-electron chi connectivity index (χ0n) is 12.7. The lowest BCUT2D eigenvalue weighted by molar-refractivity contribution is -0.101. The van der Waals surface area contributed by atoms with Gasteiger partial charge in [-0.2, -0.15) is 0 Å². The van der Waals surface area contributed by atoms with Gasteiger partial charge in [0.05, 0.1) is 0 Å². The third kappa shape index (κ3) is 2.74. The van der Waals surface area contributed by atoms with Crippen LogP contribution >= 0.6 is 24.8 Å². The number of likely N-dealkylation sites (N-methyl/N-ethyl adjacent to an activating group) is 1. The highest BCUT2D eigenvalue weighted by atomic mass is 35.5. The first-order valence-corrected chi connectivity index (χ1v) is 8.25. The Morgan fingerprint density at radius 1 is 0.800 bits per heavy atom. The molecule has 0 aromatic carbocycles. The molecule has 5 rings (SSSR count). The topological polar surface area (TPSA) is 6.48 Å². The molecule has 5 aliphatic rings. The summed E-state index contributed by atoms with van der Waals surface area (Å²) < 4.78 is 0. The molecule has 4 heteroatoms. The molecule has 0 amide bonds. The minimum atomic E-state index is 0. The van der Waals surface area contributed by atoms with Crippen LogP contribution in [0, 0.1) is 17.8 Å². The van der Waals surface area contributed by atoms with Gasteiger partial charge in [-0.15, -0.1) is 24.8 Å². The zero-order chi connectivity index (χ0) is 12.2. The summed E-state index contributed by atoms with van der Waals surface area (Å²) in [6.45, 7) is 8.88. The molecule has 20 heavy (non-hydrogen) atoms. The fourth-order valence-corrected chi connectivity index (χ4v) is 5.99. The molecule has 0 aromatic rings. The van der Waals surface area contributed by atoms with Crippen LogP contribution in [0.2, 0.25) is 0 Å². The van der Waals surface area contributed by atoms with Gasteiger partial charge in [0.15, 0.2) is 0 Å². The van der Waals surface area contributed by atoms with E-state index in [4.69, 9.17) is 0 Å². The predicted octanol–water partition coefficient (Wildman–Crippen LogP) is 3.44. The molecule has 0 atom stereocenters. The van der Waals surface area contributed by atoms with Gasteiger partial charge < -0.3 is 4.90 Å². The summed E-state index contributed by atoms with van der Waals surface area (Å²) in [5.41, 5.74) is 0.661. The molecular weight excluding hydrogens is 291 g/mol. The number of rotatable bonds is 2. The van der Waals surface area contributed by atoms with Crippen LogP contribution in [0.4, 0.5) is 0 Å². The second-order valence-corrected chi connectivity index (χ2v) is 7.56. The summed E-state index contributed by atoms with van der Waals surface area (Å²) in [6.07, 6.45) is 9.37. The van der Waals surface area contributed by atoms with Crippen LogP contribution in [0.5, 0.6) is 0 Å². The molecule has 1 aliphatic heterocycles. The van der Waals surface area contributed by atoms with Gasteiger partial charge in [-0.1, -0.05) is 6.92 Å². The average molecular weight is 321 g/mol. The largest absolute Gasteiger partial charge is 0.301 e. The van der Waals surface area contributed by atoms with E-state index in [0.29, 0.717) is 5.54 Å². The lowest BCUT2D eigenvalue weighted by Gasteiger charge is -2.61. The summed E-state index contributed by atoms with van der Waals surface area (Å²) >= 11 is 0. The van der Waals surface area contributed by atoms with Gasteiger partial charge in [0, 0.05) is 31.7 Å². The highest BCUT2D eigenvalue weighted by Crippen LogP contribution is 2.57. The Labute approximate surface area is 136 Å². The van der Waals surface area contributed by atoms with E-state index in [2.05, 4.69) is 16.7 Å². The standard InChI is InChI=1S/C16H28N2.2ClH/c1-2-17-3-5-18(6-4-17)16-10-13-7-14(11-16)9-15(8-13)12-16;;/h13-15H,2-12H2,1H3;2*1H. The van der Waals surface area contributed by atoms with Crippen molar-refractivity contribution in [3.8, 4) is 0 Å². The Kier molecular flexibility index (Phi) is 5.33. The molecule has 118 valence electrons. The lowest BCUT2D eigenvalue weighted by Crippen LogP contribution is -2.63. The summed E-state index contributed by atoms with van der Waals surface area (Å²) in [4.78, 5) is 5.54. The summed E-state index contributed by atoms with van der Waals surface area (Å²) in [6, 6.07) is 0. The molecule has 4 bridgehead atoms. The summed E-state index contributed by atoms with van der Waals surface area (Å²) in [5, 5.41) is 0. The van der Waals surface area contributed by atoms with Crippen molar-refractivity contribution in [3.05, 3.63) is 0 Å². The Morgan fingerprint density at radius 2 is 1.25 bits per heavy atom. The highest BCUT2D eigenvalue weighted by molar-refractivity contribution is 5.85. The first-order valence-electron chi connectivity index (χ1n) is 8.25. The quantitative estimate of drug-likeness (QED) is 0.769. The molecular formula is C16H30Cl2N2. The molecule has 2 nitrogen and oxygen atoms in total. The second-order valence-electron chi connectivity index (χ2n) is 7.56. The van der Waals surface area contributed by atoms with Crippen molar-refractivity contribution >= 4 is 24.8 Å². The third-order valence-electron chi connectivity index (χ3n) is 6.50. The Bertz CT molecular complexity index is 291. The highest BCUT2D eigenvalue weighted by Gasteiger charge is 2.53. The van der Waals surface area contributed by atoms with Gasteiger partial charge in [-0.25, -0.2) is 0 Å². The first-order chi connectivity index (χ1) is 8.77. The van der Waals surface area contributed by atoms with Crippen molar-refractivity contribution in [2.75, 3.05) is 32.7 Å². The van der Waals surface area contributed by atoms with E-state index >= 15 is 0 Å². The second kappa shape index (κ2) is 6.32. The predicted molar refractivity (Wildman–Crippen MR) is 89.1 cm³/mol. The molecule has 0 spiro atoms. The van der Waals surface area contributed by atoms with Gasteiger partial charge in [0.2, 0.25) is 0 Å². The van der Waals surface area contributed by atoms with Gasteiger partial charge in [0.25, 0.3) is 0 Å². The molecule has 0 radical (unpaired) electrons. The first kappa shape index (κ1) is 16.9. The van der Waals surface area contributed by atoms with Crippen molar-refractivity contribution < 1.29 is 0 Å². The maximum absolute atomic E-state index is 2.92. The molecule has 0 aromatic heterocycles. The fourth-order valence-electron chi connectivity index (χ4n) is 5.99. The molecule has 5 fully saturated rings. The maximum atomic E-state index is 2.92. The van der Waals surface area contributed by atoms with Crippen LogP contribution in [0.1, 0.15) is 45.4 Å². The Balaban J connectivity index is 0.000000735. The van der Waals surface area contributed by atoms with Gasteiger partial charge in [-0.3, -0.25) is 4.90 Å². The van der Waals surface area contributed by atoms with E-state index in [-0.39, 0.29) is 24.8 Å². The van der Waals surface area contributed by atoms with E-state index in [1.165, 1.54) is 32.7 Å². The number of hydrogen-bond acceptors (Lipinski definition) is 2. The van der Waals surface area contributed by atoms with Gasteiger partial charge in [-0.05, 0) is 62.8 Å². The molecule has 0 unspecified atom stereocenters. The van der Waals surface area contributed by atoms with Crippen molar-refractivity contribution in [2.45, 2.75) is 51.0 Å². The SMILES string of the molecule is CCN1CCN(C23CC4CC(CC(C4)C2)C3)CC1.Cl.Cl. The average Bonchev–Trinajstić information content (AvgIpc) is 2.37. The zero-order valence-corrected chi connectivity index (χ0v) is 14.4. The van der Waals surface area contributed by atoms with Crippen molar-refractivity contribution in [2.24, 2.45) is 17.8 Å².